The van der Waals surface area contributed by atoms with Crippen molar-refractivity contribution in [3.05, 3.63) is 41.2 Å². The molecule has 1 aliphatic rings. The minimum absolute atomic E-state index is 0.106. The number of rotatable bonds is 1. The maximum Gasteiger partial charge on any atom is 0.240 e. The van der Waals surface area contributed by atoms with Crippen LogP contribution in [0.4, 0.5) is 5.95 Å². The van der Waals surface area contributed by atoms with E-state index in [4.69, 9.17) is 11.6 Å². The van der Waals surface area contributed by atoms with E-state index in [9.17, 15) is 0 Å². The number of hydrogen-bond donors (Lipinski definition) is 3. The molecule has 0 saturated carbocycles. The van der Waals surface area contributed by atoms with Crippen LogP contribution in [0.15, 0.2) is 24.3 Å². The Morgan fingerprint density at radius 3 is 2.88 bits per heavy atom. The fourth-order valence-electron chi connectivity index (χ4n) is 2.28. The van der Waals surface area contributed by atoms with Crippen LogP contribution in [0, 0.1) is 0 Å². The molecule has 1 aromatic heterocycles. The minimum atomic E-state index is 0.106. The van der Waals surface area contributed by atoms with Crippen molar-refractivity contribution >= 4 is 5.95 Å². The van der Waals surface area contributed by atoms with Crippen molar-refractivity contribution in [1.82, 2.24) is 20.2 Å². The van der Waals surface area contributed by atoms with Gasteiger partial charge in [0.25, 0.3) is 0 Å². The molecule has 2 aromatic rings. The van der Waals surface area contributed by atoms with Crippen LogP contribution in [0.3, 0.4) is 0 Å². The molecule has 0 amide bonds. The quantitative estimate of drug-likeness (QED) is 0.590. The second-order valence-corrected chi connectivity index (χ2v) is 4.17. The molecule has 1 aliphatic heterocycles. The number of hydrogen-bond acceptors (Lipinski definition) is 5. The zero-order chi connectivity index (χ0) is 11.8. The van der Waals surface area contributed by atoms with Crippen molar-refractivity contribution in [2.24, 2.45) is 0 Å². The van der Waals surface area contributed by atoms with Gasteiger partial charge in [-0.15, -0.1) is 10.2 Å². The summed E-state index contributed by atoms with van der Waals surface area (Å²) in [5.74, 6) is 6.87. The lowest BCUT2D eigenvalue weighted by atomic mass is 9.90. The van der Waals surface area contributed by atoms with Gasteiger partial charge in [-0.2, -0.15) is 0 Å². The Hall–Kier alpha value is -2.08. The summed E-state index contributed by atoms with van der Waals surface area (Å²) in [4.78, 5) is 0. The highest BCUT2D eigenvalue weighted by Gasteiger charge is 2.25. The molecule has 1 unspecified atom stereocenters. The molecule has 0 saturated heterocycles. The van der Waals surface area contributed by atoms with E-state index in [0.29, 0.717) is 5.82 Å². The van der Waals surface area contributed by atoms with Crippen LogP contribution in [0.5, 0.6) is 0 Å². The fourth-order valence-corrected chi connectivity index (χ4v) is 2.28. The standard InChI is InChI=1S/C11H14N6/c12-11-16-15-10(17(11)13)9-6-14-5-7-3-1-2-4-8(7)9/h1-4,9,14H,5-6,13H2,(H2,12,16). The van der Waals surface area contributed by atoms with Crippen LogP contribution in [0.1, 0.15) is 22.9 Å². The van der Waals surface area contributed by atoms with Crippen LogP contribution in [-0.4, -0.2) is 21.4 Å². The topological polar surface area (TPSA) is 94.8 Å². The van der Waals surface area contributed by atoms with Crippen LogP contribution in [0.25, 0.3) is 0 Å². The van der Waals surface area contributed by atoms with Crippen molar-refractivity contribution in [3.8, 4) is 0 Å². The number of benzene rings is 1. The average molecular weight is 230 g/mol. The van der Waals surface area contributed by atoms with E-state index in [1.807, 2.05) is 12.1 Å². The number of nitrogens with two attached hydrogens (primary N) is 2. The number of nitrogens with one attached hydrogen (secondary N) is 1. The zero-order valence-electron chi connectivity index (χ0n) is 9.30. The van der Waals surface area contributed by atoms with Crippen LogP contribution < -0.4 is 16.9 Å². The molecule has 1 atom stereocenters. The third-order valence-corrected chi connectivity index (χ3v) is 3.15. The second-order valence-electron chi connectivity index (χ2n) is 4.17. The maximum absolute atomic E-state index is 5.83. The van der Waals surface area contributed by atoms with E-state index in [1.165, 1.54) is 15.8 Å². The van der Waals surface area contributed by atoms with E-state index in [-0.39, 0.29) is 11.9 Å². The Labute approximate surface area is 98.6 Å². The van der Waals surface area contributed by atoms with Gasteiger partial charge in [0.2, 0.25) is 5.95 Å². The van der Waals surface area contributed by atoms with Crippen molar-refractivity contribution in [3.63, 3.8) is 0 Å². The molecule has 3 rings (SSSR count). The third kappa shape index (κ3) is 1.53. The number of aromatic nitrogens is 3. The molecule has 0 radical (unpaired) electrons. The summed E-state index contributed by atoms with van der Waals surface area (Å²) in [5.41, 5.74) is 8.12. The SMILES string of the molecule is Nc1nnc(C2CNCc3ccccc32)n1N. The Balaban J connectivity index is 2.09. The summed E-state index contributed by atoms with van der Waals surface area (Å²) in [7, 11) is 0. The van der Waals surface area contributed by atoms with Gasteiger partial charge in [0, 0.05) is 13.1 Å². The lowest BCUT2D eigenvalue weighted by Gasteiger charge is -2.25. The predicted molar refractivity (Wildman–Crippen MR) is 64.6 cm³/mol. The highest BCUT2D eigenvalue weighted by molar-refractivity contribution is 5.37. The van der Waals surface area contributed by atoms with Gasteiger partial charge < -0.3 is 16.9 Å². The summed E-state index contributed by atoms with van der Waals surface area (Å²) in [6.07, 6.45) is 0. The second kappa shape index (κ2) is 3.74. The van der Waals surface area contributed by atoms with E-state index in [1.54, 1.807) is 0 Å². The van der Waals surface area contributed by atoms with Gasteiger partial charge in [-0.05, 0) is 11.1 Å². The zero-order valence-corrected chi connectivity index (χ0v) is 9.30. The largest absolute Gasteiger partial charge is 0.366 e. The Bertz CT molecular complexity index is 547. The van der Waals surface area contributed by atoms with Crippen LogP contribution in [0.2, 0.25) is 0 Å². The third-order valence-electron chi connectivity index (χ3n) is 3.15. The molecular formula is C11H14N6. The molecule has 0 fully saturated rings. The molecular weight excluding hydrogens is 216 g/mol. The van der Waals surface area contributed by atoms with Gasteiger partial charge in [0.1, 0.15) is 0 Å². The van der Waals surface area contributed by atoms with E-state index in [0.717, 1.165) is 13.1 Å². The predicted octanol–water partition coefficient (Wildman–Crippen LogP) is -0.191. The molecule has 0 bridgehead atoms. The first kappa shape index (κ1) is 10.1. The van der Waals surface area contributed by atoms with Crippen LogP contribution >= 0.6 is 0 Å². The molecule has 0 spiro atoms. The van der Waals surface area contributed by atoms with Crippen molar-refractivity contribution in [1.29, 1.82) is 0 Å². The Morgan fingerprint density at radius 2 is 2.12 bits per heavy atom. The summed E-state index contributed by atoms with van der Waals surface area (Å²) >= 11 is 0. The van der Waals surface area contributed by atoms with Gasteiger partial charge in [0.15, 0.2) is 5.82 Å². The molecule has 88 valence electrons. The fraction of sp³-hybridized carbons (Fsp3) is 0.273. The minimum Gasteiger partial charge on any atom is -0.366 e. The Morgan fingerprint density at radius 1 is 1.29 bits per heavy atom. The Kier molecular flexibility index (Phi) is 2.22. The van der Waals surface area contributed by atoms with E-state index in [2.05, 4.69) is 27.6 Å². The highest BCUT2D eigenvalue weighted by Crippen LogP contribution is 2.28. The molecule has 1 aromatic carbocycles. The first-order valence-corrected chi connectivity index (χ1v) is 5.51. The van der Waals surface area contributed by atoms with Crippen molar-refractivity contribution < 1.29 is 0 Å². The molecule has 0 aliphatic carbocycles. The van der Waals surface area contributed by atoms with Crippen LogP contribution in [-0.2, 0) is 6.54 Å². The maximum atomic E-state index is 5.83. The van der Waals surface area contributed by atoms with Crippen molar-refractivity contribution in [2.45, 2.75) is 12.5 Å². The normalized spacial score (nSPS) is 18.9. The monoisotopic (exact) mass is 230 g/mol. The smallest absolute Gasteiger partial charge is 0.240 e. The lowest BCUT2D eigenvalue weighted by molar-refractivity contribution is 0.563. The average Bonchev–Trinajstić information content (AvgIpc) is 2.69. The van der Waals surface area contributed by atoms with Gasteiger partial charge in [-0.3, -0.25) is 0 Å². The molecule has 2 heterocycles. The van der Waals surface area contributed by atoms with E-state index < -0.39 is 0 Å². The van der Waals surface area contributed by atoms with Gasteiger partial charge in [0.05, 0.1) is 5.92 Å². The molecule has 6 heteroatoms. The number of nitrogens with zero attached hydrogens (tertiary/aromatic N) is 3. The molecule has 5 N–H and O–H groups in total. The number of nitrogen functional groups attached to an aromatic ring is 2. The summed E-state index contributed by atoms with van der Waals surface area (Å²) in [6, 6.07) is 8.27. The molecule has 17 heavy (non-hydrogen) atoms. The number of anilines is 1. The lowest BCUT2D eigenvalue weighted by Crippen LogP contribution is -2.31. The molecule has 6 nitrogen and oxygen atoms in total. The van der Waals surface area contributed by atoms with Gasteiger partial charge in [-0.1, -0.05) is 24.3 Å². The van der Waals surface area contributed by atoms with E-state index >= 15 is 0 Å². The number of fused-ring (bicyclic) bond motifs is 1. The summed E-state index contributed by atoms with van der Waals surface area (Å²) in [6.45, 7) is 1.67. The first-order valence-electron chi connectivity index (χ1n) is 5.51. The van der Waals surface area contributed by atoms with Gasteiger partial charge >= 0.3 is 0 Å². The summed E-state index contributed by atoms with van der Waals surface area (Å²) < 4.78 is 1.36. The first-order chi connectivity index (χ1) is 8.27. The van der Waals surface area contributed by atoms with Crippen molar-refractivity contribution in [2.75, 3.05) is 18.1 Å². The highest BCUT2D eigenvalue weighted by atomic mass is 15.4. The van der Waals surface area contributed by atoms with Gasteiger partial charge in [-0.25, -0.2) is 4.68 Å². The summed E-state index contributed by atoms with van der Waals surface area (Å²) in [5, 5.41) is 11.2.